The number of methoxy groups -OCH3 is 1. The number of aromatic nitrogens is 1. The first-order chi connectivity index (χ1) is 20.7. The van der Waals surface area contributed by atoms with E-state index in [0.29, 0.717) is 17.2 Å². The number of pyridine rings is 1. The average molecular weight is 628 g/mol. The molecular weight excluding hydrogens is 603 g/mol. The number of imide groups is 1. The van der Waals surface area contributed by atoms with Crippen LogP contribution in [-0.2, 0) is 25.4 Å². The number of allylic oxidation sites excluding steroid dienone is 6. The van der Waals surface area contributed by atoms with Gasteiger partial charge in [0.25, 0.3) is 11.8 Å². The fourth-order valence-corrected chi connectivity index (χ4v) is 7.07. The quantitative estimate of drug-likeness (QED) is 0.288. The number of fused-ring (bicyclic) bond motifs is 3. The molecule has 9 nitrogen and oxygen atoms in total. The van der Waals surface area contributed by atoms with E-state index in [-0.39, 0.29) is 57.6 Å². The number of Topliss-reactive ketones (excluding diaryl/α,β-unsaturated/α-hetero) is 1. The van der Waals surface area contributed by atoms with Crippen LogP contribution >= 0.6 is 11.6 Å². The van der Waals surface area contributed by atoms with E-state index in [1.165, 1.54) is 32.4 Å². The van der Waals surface area contributed by atoms with E-state index in [1.807, 2.05) is 0 Å². The molecule has 4 atom stereocenters. The van der Waals surface area contributed by atoms with Gasteiger partial charge in [0.15, 0.2) is 17.4 Å². The second-order valence-corrected chi connectivity index (χ2v) is 11.6. The molecule has 2 amide bonds. The number of carbonyl (C=O) groups excluding carboxylic acids is 4. The third-order valence-electron chi connectivity index (χ3n) is 8.79. The highest BCUT2D eigenvalue weighted by molar-refractivity contribution is 6.33. The van der Waals surface area contributed by atoms with Gasteiger partial charge < -0.3 is 9.84 Å². The Labute approximate surface area is 254 Å². The number of carbonyl (C=O) groups is 4. The molecule has 2 heterocycles. The Morgan fingerprint density at radius 1 is 1.09 bits per heavy atom. The predicted octanol–water partition coefficient (Wildman–Crippen LogP) is 4.95. The molecule has 44 heavy (non-hydrogen) atoms. The van der Waals surface area contributed by atoms with Crippen molar-refractivity contribution in [1.82, 2.24) is 9.99 Å². The molecule has 0 radical (unpaired) electrons. The fraction of sp³-hybridized carbons (Fsp3) is 0.323. The zero-order valence-electron chi connectivity index (χ0n) is 23.6. The Kier molecular flexibility index (Phi) is 6.95. The summed E-state index contributed by atoms with van der Waals surface area (Å²) in [5.41, 5.74) is 0.628. The molecule has 4 unspecified atom stereocenters. The number of halogens is 4. The number of hydrazine groups is 1. The van der Waals surface area contributed by atoms with Crippen molar-refractivity contribution in [3.63, 3.8) is 0 Å². The summed E-state index contributed by atoms with van der Waals surface area (Å²) in [5.74, 6) is -5.65. The number of aromatic hydroxyl groups is 1. The number of alkyl halides is 3. The van der Waals surface area contributed by atoms with Gasteiger partial charge in [-0.3, -0.25) is 24.2 Å². The number of hydrogen-bond acceptors (Lipinski definition) is 8. The number of phenolic OH excluding ortho intramolecular Hbond substituents is 1. The van der Waals surface area contributed by atoms with Crippen molar-refractivity contribution in [1.29, 1.82) is 0 Å². The smallest absolute Gasteiger partial charge is 0.433 e. The van der Waals surface area contributed by atoms with Gasteiger partial charge in [0.1, 0.15) is 17.2 Å². The van der Waals surface area contributed by atoms with Crippen molar-refractivity contribution >= 4 is 40.8 Å². The summed E-state index contributed by atoms with van der Waals surface area (Å²) >= 11 is 6.18. The lowest BCUT2D eigenvalue weighted by molar-refractivity contribution is -0.141. The number of rotatable bonds is 4. The lowest BCUT2D eigenvalue weighted by Gasteiger charge is -2.42. The number of ketones is 2. The van der Waals surface area contributed by atoms with E-state index in [0.717, 1.165) is 16.1 Å². The van der Waals surface area contributed by atoms with Crippen molar-refractivity contribution in [2.75, 3.05) is 19.2 Å². The molecule has 13 heteroatoms. The Bertz CT molecular complexity index is 1760. The van der Waals surface area contributed by atoms with Crippen LogP contribution in [0.1, 0.15) is 36.9 Å². The zero-order chi connectivity index (χ0) is 31.8. The van der Waals surface area contributed by atoms with Crippen LogP contribution in [-0.4, -0.2) is 52.6 Å². The number of hydrogen-bond donors (Lipinski definition) is 1. The van der Waals surface area contributed by atoms with Gasteiger partial charge in [0, 0.05) is 41.3 Å². The first-order valence-electron chi connectivity index (χ1n) is 13.7. The Morgan fingerprint density at radius 2 is 1.82 bits per heavy atom. The van der Waals surface area contributed by atoms with Crippen LogP contribution < -0.4 is 9.75 Å². The third kappa shape index (κ3) is 4.42. The van der Waals surface area contributed by atoms with Gasteiger partial charge in [-0.25, -0.2) is 4.98 Å². The summed E-state index contributed by atoms with van der Waals surface area (Å²) in [4.78, 5) is 58.3. The summed E-state index contributed by atoms with van der Waals surface area (Å²) in [6.45, 7) is 1.55. The van der Waals surface area contributed by atoms with Crippen LogP contribution in [0.2, 0.25) is 5.02 Å². The maximum Gasteiger partial charge on any atom is 0.433 e. The first-order valence-corrected chi connectivity index (χ1v) is 14.0. The van der Waals surface area contributed by atoms with E-state index < -0.39 is 53.2 Å². The van der Waals surface area contributed by atoms with Gasteiger partial charge in [0.05, 0.1) is 24.0 Å². The topological polar surface area (TPSA) is 117 Å². The lowest BCUT2D eigenvalue weighted by Crippen LogP contribution is -2.46. The maximum atomic E-state index is 14.1. The van der Waals surface area contributed by atoms with Crippen LogP contribution in [0.15, 0.2) is 64.8 Å². The molecule has 1 aromatic carbocycles. The number of benzene rings is 1. The van der Waals surface area contributed by atoms with Crippen LogP contribution in [0.25, 0.3) is 0 Å². The van der Waals surface area contributed by atoms with Crippen LogP contribution in [0.3, 0.4) is 0 Å². The molecule has 0 bridgehead atoms. The van der Waals surface area contributed by atoms with Gasteiger partial charge in [0.2, 0.25) is 0 Å². The molecule has 0 saturated carbocycles. The van der Waals surface area contributed by atoms with Crippen molar-refractivity contribution in [3.05, 3.63) is 81.1 Å². The number of anilines is 1. The number of phenols is 1. The van der Waals surface area contributed by atoms with Crippen LogP contribution in [0.5, 0.6) is 11.5 Å². The molecule has 1 aliphatic heterocycles. The predicted molar refractivity (Wildman–Crippen MR) is 150 cm³/mol. The molecule has 1 saturated heterocycles. The highest BCUT2D eigenvalue weighted by Gasteiger charge is 2.58. The average Bonchev–Trinajstić information content (AvgIpc) is 3.23. The molecular formula is C31H25ClF3N3O6. The summed E-state index contributed by atoms with van der Waals surface area (Å²) in [7, 11) is 2.64. The minimum Gasteiger partial charge on any atom is -0.508 e. The molecule has 0 spiro atoms. The molecule has 2 aromatic rings. The second-order valence-electron chi connectivity index (χ2n) is 11.2. The van der Waals surface area contributed by atoms with E-state index in [1.54, 1.807) is 19.1 Å². The highest BCUT2D eigenvalue weighted by Crippen LogP contribution is 2.56. The van der Waals surface area contributed by atoms with Gasteiger partial charge in [-0.15, -0.1) is 0 Å². The Balaban J connectivity index is 1.45. The summed E-state index contributed by atoms with van der Waals surface area (Å²) in [6, 6.07) is 6.10. The van der Waals surface area contributed by atoms with Crippen molar-refractivity contribution in [2.45, 2.75) is 31.9 Å². The fourth-order valence-electron chi connectivity index (χ4n) is 6.84. The van der Waals surface area contributed by atoms with E-state index in [4.69, 9.17) is 16.3 Å². The minimum absolute atomic E-state index is 0.00667. The van der Waals surface area contributed by atoms with Gasteiger partial charge in [-0.05, 0) is 50.0 Å². The molecule has 4 aliphatic rings. The number of ether oxygens (including phenoxy) is 1. The van der Waals surface area contributed by atoms with E-state index >= 15 is 0 Å². The van der Waals surface area contributed by atoms with E-state index in [2.05, 4.69) is 4.98 Å². The summed E-state index contributed by atoms with van der Waals surface area (Å²) in [6.07, 6.45) is -1.63. The van der Waals surface area contributed by atoms with E-state index in [9.17, 15) is 37.5 Å². The highest BCUT2D eigenvalue weighted by atomic mass is 35.5. The molecule has 228 valence electrons. The van der Waals surface area contributed by atoms with Crippen LogP contribution in [0.4, 0.5) is 19.0 Å². The molecule has 3 aliphatic carbocycles. The van der Waals surface area contributed by atoms with Crippen molar-refractivity contribution in [2.24, 2.45) is 17.8 Å². The Morgan fingerprint density at radius 3 is 2.50 bits per heavy atom. The van der Waals surface area contributed by atoms with Crippen LogP contribution in [0, 0.1) is 17.8 Å². The van der Waals surface area contributed by atoms with Gasteiger partial charge in [-0.2, -0.15) is 18.2 Å². The second kappa shape index (κ2) is 10.3. The van der Waals surface area contributed by atoms with Gasteiger partial charge >= 0.3 is 6.18 Å². The van der Waals surface area contributed by atoms with Crippen molar-refractivity contribution < 1.29 is 42.2 Å². The third-order valence-corrected chi connectivity index (χ3v) is 9.09. The maximum absolute atomic E-state index is 14.1. The standard InChI is InChI=1S/C31H25ClF3N3O6/c1-13-10-21(40)19-12-18-15(24(26(19)27(13)41)16-5-4-14(39)11-22(16)44-3)6-7-17-25(18)30(43)38(29(17)42)37(2)28-20(32)8-9-23(36-28)31(33,34)35/h4-6,8-11,17-18,24-25,39H,7,12H2,1-3H3. The minimum atomic E-state index is -4.79. The summed E-state index contributed by atoms with van der Waals surface area (Å²) in [5, 5.41) is 11.6. The molecule has 1 aromatic heterocycles. The summed E-state index contributed by atoms with van der Waals surface area (Å²) < 4.78 is 45.8. The first kappa shape index (κ1) is 29.6. The molecule has 6 rings (SSSR count). The zero-order valence-corrected chi connectivity index (χ0v) is 24.4. The SMILES string of the molecule is COc1cc(O)ccc1C1C2=CCC3C(=O)N(N(C)c4nc(C(F)(F)F)ccc4Cl)C(=O)C3C2CC2=C1C(=O)C(C)=CC2=O. The molecule has 1 N–H and O–H groups in total. The molecule has 1 fully saturated rings. The Hall–Kier alpha value is -4.45. The number of nitrogens with zero attached hydrogens (tertiary/aromatic N) is 3. The van der Waals surface area contributed by atoms with Gasteiger partial charge in [-0.1, -0.05) is 29.3 Å². The monoisotopic (exact) mass is 627 g/mol. The lowest BCUT2D eigenvalue weighted by atomic mass is 9.59. The largest absolute Gasteiger partial charge is 0.508 e. The number of amides is 2. The van der Waals surface area contributed by atoms with Crippen molar-refractivity contribution in [3.8, 4) is 11.5 Å². The normalized spacial score (nSPS) is 24.9.